The topological polar surface area (TPSA) is 64.7 Å². The lowest BCUT2D eigenvalue weighted by molar-refractivity contribution is -0.116. The minimum Gasteiger partial charge on any atom is -0.347 e. The van der Waals surface area contributed by atoms with Crippen molar-refractivity contribution in [1.29, 1.82) is 0 Å². The number of nitrogens with zero attached hydrogens (tertiary/aromatic N) is 4. The third-order valence-corrected chi connectivity index (χ3v) is 3.69. The van der Waals surface area contributed by atoms with Crippen molar-refractivity contribution in [3.05, 3.63) is 40.4 Å². The van der Waals surface area contributed by atoms with Crippen molar-refractivity contribution < 1.29 is 4.79 Å². The number of nitrogens with one attached hydrogen (secondary N) is 1. The molecular weight excluding hydrogens is 334 g/mol. The largest absolute Gasteiger partial charge is 0.347 e. The second-order valence-corrected chi connectivity index (χ2v) is 5.29. The van der Waals surface area contributed by atoms with Crippen LogP contribution in [-0.4, -0.2) is 25.5 Å². The first kappa shape index (κ1) is 15.5. The predicted octanol–water partition coefficient (Wildman–Crippen LogP) is 2.21. The van der Waals surface area contributed by atoms with Crippen molar-refractivity contribution in [2.75, 3.05) is 0 Å². The Bertz CT molecular complexity index is 644. The molecule has 0 saturated carbocycles. The summed E-state index contributed by atoms with van der Waals surface area (Å²) in [6.45, 7) is 6.04. The van der Waals surface area contributed by atoms with Gasteiger partial charge in [-0.05, 0) is 35.9 Å². The zero-order chi connectivity index (χ0) is 15.2. The number of hydrogen-bond acceptors (Lipinski definition) is 3. The first-order valence-electron chi connectivity index (χ1n) is 6.82. The molecule has 1 N–H and O–H groups in total. The maximum Gasteiger partial charge on any atom is 0.244 e. The molecule has 0 bridgehead atoms. The molecule has 0 aromatic carbocycles. The molecule has 0 aliphatic heterocycles. The van der Waals surface area contributed by atoms with Gasteiger partial charge in [-0.25, -0.2) is 0 Å². The number of aryl methyl sites for hydroxylation is 2. The van der Waals surface area contributed by atoms with Crippen LogP contribution in [0.15, 0.2) is 29.1 Å². The van der Waals surface area contributed by atoms with Gasteiger partial charge in [0.2, 0.25) is 5.91 Å². The Balaban J connectivity index is 1.91. The van der Waals surface area contributed by atoms with Gasteiger partial charge in [0.1, 0.15) is 0 Å². The summed E-state index contributed by atoms with van der Waals surface area (Å²) in [5.74, 6) is -0.144. The Kier molecular flexibility index (Phi) is 5.32. The highest BCUT2D eigenvalue weighted by Crippen LogP contribution is 2.15. The molecule has 112 valence electrons. The first-order chi connectivity index (χ1) is 10.1. The van der Waals surface area contributed by atoms with Gasteiger partial charge in [0.25, 0.3) is 0 Å². The van der Waals surface area contributed by atoms with Crippen LogP contribution < -0.4 is 5.32 Å². The molecule has 0 fully saturated rings. The molecule has 6 nitrogen and oxygen atoms in total. The van der Waals surface area contributed by atoms with E-state index in [4.69, 9.17) is 0 Å². The van der Waals surface area contributed by atoms with Gasteiger partial charge in [0.05, 0.1) is 29.1 Å². The highest BCUT2D eigenvalue weighted by molar-refractivity contribution is 9.10. The Morgan fingerprint density at radius 3 is 2.81 bits per heavy atom. The van der Waals surface area contributed by atoms with Crippen LogP contribution in [0.1, 0.15) is 25.1 Å². The minimum atomic E-state index is -0.144. The Morgan fingerprint density at radius 2 is 2.14 bits per heavy atom. The maximum atomic E-state index is 11.8. The fourth-order valence-electron chi connectivity index (χ4n) is 1.88. The van der Waals surface area contributed by atoms with Crippen molar-refractivity contribution in [2.45, 2.75) is 33.5 Å². The van der Waals surface area contributed by atoms with Crippen LogP contribution in [0.5, 0.6) is 0 Å². The van der Waals surface area contributed by atoms with Gasteiger partial charge in [-0.15, -0.1) is 0 Å². The average Bonchev–Trinajstić information content (AvgIpc) is 3.09. The number of halogens is 1. The third kappa shape index (κ3) is 4.04. The highest BCUT2D eigenvalue weighted by atomic mass is 79.9. The van der Waals surface area contributed by atoms with Gasteiger partial charge in [-0.1, -0.05) is 0 Å². The van der Waals surface area contributed by atoms with Crippen LogP contribution in [0, 0.1) is 0 Å². The quantitative estimate of drug-likeness (QED) is 0.811. The molecule has 0 saturated heterocycles. The van der Waals surface area contributed by atoms with E-state index in [-0.39, 0.29) is 5.91 Å². The Morgan fingerprint density at radius 1 is 1.33 bits per heavy atom. The van der Waals surface area contributed by atoms with E-state index in [9.17, 15) is 4.79 Å². The third-order valence-electron chi connectivity index (χ3n) is 3.03. The number of aromatic nitrogens is 4. The number of hydrogen-bond donors (Lipinski definition) is 1. The first-order valence-corrected chi connectivity index (χ1v) is 7.61. The van der Waals surface area contributed by atoms with Gasteiger partial charge in [-0.2, -0.15) is 10.2 Å². The predicted molar refractivity (Wildman–Crippen MR) is 84.4 cm³/mol. The SMILES string of the molecule is CCn1cc(/C=C/C(=O)NCc2c(Br)cnn2CC)cn1. The van der Waals surface area contributed by atoms with E-state index in [1.165, 1.54) is 6.08 Å². The van der Waals surface area contributed by atoms with Crippen molar-refractivity contribution >= 4 is 27.9 Å². The van der Waals surface area contributed by atoms with E-state index in [2.05, 4.69) is 31.4 Å². The van der Waals surface area contributed by atoms with Crippen molar-refractivity contribution in [1.82, 2.24) is 24.9 Å². The van der Waals surface area contributed by atoms with Crippen molar-refractivity contribution in [3.8, 4) is 0 Å². The van der Waals surface area contributed by atoms with Gasteiger partial charge in [-0.3, -0.25) is 14.2 Å². The monoisotopic (exact) mass is 351 g/mol. The second kappa shape index (κ2) is 7.21. The zero-order valence-electron chi connectivity index (χ0n) is 12.1. The van der Waals surface area contributed by atoms with E-state index in [0.29, 0.717) is 6.54 Å². The summed E-state index contributed by atoms with van der Waals surface area (Å²) in [5, 5.41) is 11.2. The Hall–Kier alpha value is -1.89. The molecule has 7 heteroatoms. The summed E-state index contributed by atoms with van der Waals surface area (Å²) in [6, 6.07) is 0. The normalized spacial score (nSPS) is 11.2. The van der Waals surface area contributed by atoms with E-state index in [1.54, 1.807) is 18.5 Å². The molecule has 2 heterocycles. The lowest BCUT2D eigenvalue weighted by atomic mass is 10.3. The van der Waals surface area contributed by atoms with Crippen LogP contribution in [0.4, 0.5) is 0 Å². The van der Waals surface area contributed by atoms with Crippen LogP contribution in [0.3, 0.4) is 0 Å². The fraction of sp³-hybridized carbons (Fsp3) is 0.357. The number of rotatable bonds is 6. The van der Waals surface area contributed by atoms with Gasteiger partial charge < -0.3 is 5.32 Å². The highest BCUT2D eigenvalue weighted by Gasteiger charge is 2.08. The molecule has 0 spiro atoms. The lowest BCUT2D eigenvalue weighted by Gasteiger charge is -2.06. The second-order valence-electron chi connectivity index (χ2n) is 4.44. The van der Waals surface area contributed by atoms with Crippen LogP contribution in [-0.2, 0) is 24.4 Å². The lowest BCUT2D eigenvalue weighted by Crippen LogP contribution is -2.22. The molecule has 1 amide bonds. The maximum absolute atomic E-state index is 11.8. The number of amides is 1. The summed E-state index contributed by atoms with van der Waals surface area (Å²) in [7, 11) is 0. The molecule has 0 radical (unpaired) electrons. The molecule has 0 aliphatic carbocycles. The zero-order valence-corrected chi connectivity index (χ0v) is 13.7. The molecule has 0 unspecified atom stereocenters. The van der Waals surface area contributed by atoms with Crippen LogP contribution in [0.25, 0.3) is 6.08 Å². The molecule has 2 aromatic rings. The molecular formula is C14H18BrN5O. The molecule has 21 heavy (non-hydrogen) atoms. The molecule has 0 aliphatic rings. The minimum absolute atomic E-state index is 0.144. The summed E-state index contributed by atoms with van der Waals surface area (Å²) in [5.41, 5.74) is 1.87. The summed E-state index contributed by atoms with van der Waals surface area (Å²) < 4.78 is 4.56. The van der Waals surface area contributed by atoms with E-state index < -0.39 is 0 Å². The van der Waals surface area contributed by atoms with Gasteiger partial charge in [0, 0.05) is 30.9 Å². The van der Waals surface area contributed by atoms with E-state index >= 15 is 0 Å². The molecule has 2 aromatic heterocycles. The van der Waals surface area contributed by atoms with Gasteiger partial charge in [0.15, 0.2) is 0 Å². The number of carbonyl (C=O) groups is 1. The van der Waals surface area contributed by atoms with Crippen LogP contribution in [0.2, 0.25) is 0 Å². The standard InChI is InChI=1S/C14H18BrN5O/c1-3-19-10-11(7-17-19)5-6-14(21)16-9-13-12(15)8-18-20(13)4-2/h5-8,10H,3-4,9H2,1-2H3,(H,16,21)/b6-5+. The summed E-state index contributed by atoms with van der Waals surface area (Å²) in [6.07, 6.45) is 8.63. The fourth-order valence-corrected chi connectivity index (χ4v) is 2.31. The van der Waals surface area contributed by atoms with Gasteiger partial charge >= 0.3 is 0 Å². The summed E-state index contributed by atoms with van der Waals surface area (Å²) >= 11 is 3.43. The van der Waals surface area contributed by atoms with Crippen LogP contribution >= 0.6 is 15.9 Å². The smallest absolute Gasteiger partial charge is 0.244 e. The van der Waals surface area contributed by atoms with E-state index in [1.807, 2.05) is 29.4 Å². The van der Waals surface area contributed by atoms with Crippen molar-refractivity contribution in [3.63, 3.8) is 0 Å². The molecule has 2 rings (SSSR count). The van der Waals surface area contributed by atoms with E-state index in [0.717, 1.165) is 28.8 Å². The van der Waals surface area contributed by atoms with Crippen molar-refractivity contribution in [2.24, 2.45) is 0 Å². The summed E-state index contributed by atoms with van der Waals surface area (Å²) in [4.78, 5) is 11.8. The number of carbonyl (C=O) groups excluding carboxylic acids is 1. The average molecular weight is 352 g/mol. The molecule has 0 atom stereocenters. The Labute approximate surface area is 132 Å².